The first-order chi connectivity index (χ1) is 8.65. The zero-order valence-electron chi connectivity index (χ0n) is 10.0. The number of para-hydroxylation sites is 1. The topological polar surface area (TPSA) is 53.4 Å². The van der Waals surface area contributed by atoms with E-state index >= 15 is 0 Å². The minimum atomic E-state index is -0.692. The molecule has 1 atom stereocenters. The Kier molecular flexibility index (Phi) is 2.80. The minimum Gasteiger partial charge on any atom is -0.481 e. The van der Waals surface area contributed by atoms with Gasteiger partial charge in [-0.1, -0.05) is 12.1 Å². The Morgan fingerprint density at radius 1 is 1.50 bits per heavy atom. The first-order valence-corrected chi connectivity index (χ1v) is 6.79. The molecule has 18 heavy (non-hydrogen) atoms. The largest absolute Gasteiger partial charge is 0.481 e. The Morgan fingerprint density at radius 3 is 2.89 bits per heavy atom. The fourth-order valence-corrected chi connectivity index (χ4v) is 3.26. The van der Waals surface area contributed by atoms with Crippen molar-refractivity contribution in [3.8, 4) is 0 Å². The van der Waals surface area contributed by atoms with Gasteiger partial charge in [-0.3, -0.25) is 9.69 Å². The van der Waals surface area contributed by atoms with Crippen LogP contribution in [0, 0.1) is 5.92 Å². The van der Waals surface area contributed by atoms with E-state index < -0.39 is 5.97 Å². The predicted octanol–water partition coefficient (Wildman–Crippen LogP) is 2.37. The summed E-state index contributed by atoms with van der Waals surface area (Å²) in [5, 5.41) is 9.95. The lowest BCUT2D eigenvalue weighted by atomic mass is 9.98. The molecule has 1 aliphatic rings. The van der Waals surface area contributed by atoms with Crippen molar-refractivity contribution in [2.24, 2.45) is 5.92 Å². The fraction of sp³-hybridized carbons (Fsp3) is 0.385. The van der Waals surface area contributed by atoms with Crippen LogP contribution in [0.15, 0.2) is 24.3 Å². The summed E-state index contributed by atoms with van der Waals surface area (Å²) in [6.07, 6.45) is 0. The molecule has 0 aliphatic carbocycles. The summed E-state index contributed by atoms with van der Waals surface area (Å²) in [7, 11) is 0. The van der Waals surface area contributed by atoms with Gasteiger partial charge in [-0.2, -0.15) is 0 Å². The molecular formula is C13H14N2O2S. The number of carbonyl (C=O) groups is 1. The number of nitrogens with zero attached hydrogens (tertiary/aromatic N) is 2. The first-order valence-electron chi connectivity index (χ1n) is 5.97. The van der Waals surface area contributed by atoms with Gasteiger partial charge in [0.15, 0.2) is 0 Å². The average molecular weight is 262 g/mol. The van der Waals surface area contributed by atoms with E-state index in [-0.39, 0.29) is 12.0 Å². The molecule has 1 unspecified atom stereocenters. The standard InChI is InChI=1S/C13H14N2O2S/c1-8(15-6-9(7-15)13(16)17)12-14-10-4-2-3-5-11(10)18-12/h2-5,8-9H,6-7H2,1H3,(H,16,17). The molecule has 1 fully saturated rings. The van der Waals surface area contributed by atoms with Gasteiger partial charge in [0.05, 0.1) is 22.2 Å². The number of thiazole rings is 1. The summed E-state index contributed by atoms with van der Waals surface area (Å²) in [5.74, 6) is -0.899. The second-order valence-corrected chi connectivity index (χ2v) is 5.75. The molecule has 2 aromatic rings. The molecule has 1 aliphatic heterocycles. The number of rotatable bonds is 3. The average Bonchev–Trinajstić information content (AvgIpc) is 2.69. The summed E-state index contributed by atoms with van der Waals surface area (Å²) < 4.78 is 1.19. The van der Waals surface area contributed by atoms with Crippen molar-refractivity contribution in [1.82, 2.24) is 9.88 Å². The van der Waals surface area contributed by atoms with Crippen LogP contribution in [0.4, 0.5) is 0 Å². The first kappa shape index (κ1) is 11.6. The monoisotopic (exact) mass is 262 g/mol. The van der Waals surface area contributed by atoms with Crippen molar-refractivity contribution in [2.45, 2.75) is 13.0 Å². The Bertz CT molecular complexity index is 556. The molecule has 0 spiro atoms. The molecule has 0 bridgehead atoms. The molecular weight excluding hydrogens is 248 g/mol. The number of carboxylic acids is 1. The van der Waals surface area contributed by atoms with Crippen molar-refractivity contribution >= 4 is 27.5 Å². The predicted molar refractivity (Wildman–Crippen MR) is 70.7 cm³/mol. The van der Waals surface area contributed by atoms with E-state index in [2.05, 4.69) is 22.9 Å². The highest BCUT2D eigenvalue weighted by Crippen LogP contribution is 2.33. The second kappa shape index (κ2) is 4.33. The molecule has 0 radical (unpaired) electrons. The molecule has 0 saturated carbocycles. The molecule has 1 aromatic heterocycles. The molecule has 0 amide bonds. The van der Waals surface area contributed by atoms with Crippen molar-refractivity contribution in [3.05, 3.63) is 29.3 Å². The van der Waals surface area contributed by atoms with E-state index in [1.165, 1.54) is 4.70 Å². The van der Waals surface area contributed by atoms with E-state index in [1.807, 2.05) is 18.2 Å². The van der Waals surface area contributed by atoms with Gasteiger partial charge < -0.3 is 5.11 Å². The molecule has 2 heterocycles. The third-order valence-corrected chi connectivity index (χ3v) is 4.68. The number of hydrogen-bond donors (Lipinski definition) is 1. The van der Waals surface area contributed by atoms with Gasteiger partial charge in [-0.25, -0.2) is 4.98 Å². The van der Waals surface area contributed by atoms with Crippen LogP contribution in [0.5, 0.6) is 0 Å². The zero-order valence-corrected chi connectivity index (χ0v) is 10.9. The molecule has 5 heteroatoms. The lowest BCUT2D eigenvalue weighted by Crippen LogP contribution is -2.51. The SMILES string of the molecule is CC(c1nc2ccccc2s1)N1CC(C(=O)O)C1. The van der Waals surface area contributed by atoms with Crippen LogP contribution in [0.2, 0.25) is 0 Å². The van der Waals surface area contributed by atoms with Gasteiger partial charge in [-0.05, 0) is 19.1 Å². The van der Waals surface area contributed by atoms with E-state index in [1.54, 1.807) is 11.3 Å². The maximum Gasteiger partial charge on any atom is 0.309 e. The molecule has 94 valence electrons. The van der Waals surface area contributed by atoms with Gasteiger partial charge in [0.25, 0.3) is 0 Å². The number of likely N-dealkylation sites (tertiary alicyclic amines) is 1. The van der Waals surface area contributed by atoms with Crippen LogP contribution in [0.25, 0.3) is 10.2 Å². The van der Waals surface area contributed by atoms with Crippen molar-refractivity contribution in [3.63, 3.8) is 0 Å². The van der Waals surface area contributed by atoms with Gasteiger partial charge in [-0.15, -0.1) is 11.3 Å². The highest BCUT2D eigenvalue weighted by molar-refractivity contribution is 7.18. The molecule has 1 aromatic carbocycles. The van der Waals surface area contributed by atoms with Crippen LogP contribution in [0.1, 0.15) is 18.0 Å². The number of benzene rings is 1. The van der Waals surface area contributed by atoms with E-state index in [9.17, 15) is 4.79 Å². The van der Waals surface area contributed by atoms with Crippen molar-refractivity contribution in [1.29, 1.82) is 0 Å². The Labute approximate surface area is 109 Å². The normalized spacial score (nSPS) is 18.7. The lowest BCUT2D eigenvalue weighted by Gasteiger charge is -2.40. The quantitative estimate of drug-likeness (QED) is 0.922. The molecule has 3 rings (SSSR count). The number of aromatic nitrogens is 1. The summed E-state index contributed by atoms with van der Waals surface area (Å²) in [6, 6.07) is 8.29. The van der Waals surface area contributed by atoms with Crippen LogP contribution in [-0.4, -0.2) is 34.0 Å². The smallest absolute Gasteiger partial charge is 0.309 e. The summed E-state index contributed by atoms with van der Waals surface area (Å²) >= 11 is 1.69. The van der Waals surface area contributed by atoms with E-state index in [0.717, 1.165) is 10.5 Å². The Hall–Kier alpha value is -1.46. The van der Waals surface area contributed by atoms with Gasteiger partial charge in [0, 0.05) is 13.1 Å². The maximum absolute atomic E-state index is 10.8. The number of hydrogen-bond acceptors (Lipinski definition) is 4. The summed E-state index contributed by atoms with van der Waals surface area (Å²) in [4.78, 5) is 17.6. The summed E-state index contributed by atoms with van der Waals surface area (Å²) in [6.45, 7) is 3.36. The van der Waals surface area contributed by atoms with Crippen LogP contribution < -0.4 is 0 Å². The Morgan fingerprint density at radius 2 is 2.22 bits per heavy atom. The van der Waals surface area contributed by atoms with E-state index in [4.69, 9.17) is 5.11 Å². The maximum atomic E-state index is 10.8. The zero-order chi connectivity index (χ0) is 12.7. The van der Waals surface area contributed by atoms with Crippen LogP contribution in [0.3, 0.4) is 0 Å². The van der Waals surface area contributed by atoms with Gasteiger partial charge >= 0.3 is 5.97 Å². The number of aliphatic carboxylic acids is 1. The van der Waals surface area contributed by atoms with Crippen molar-refractivity contribution < 1.29 is 9.90 Å². The number of carboxylic acid groups (broad SMARTS) is 1. The van der Waals surface area contributed by atoms with Crippen LogP contribution in [-0.2, 0) is 4.79 Å². The minimum absolute atomic E-state index is 0.206. The second-order valence-electron chi connectivity index (χ2n) is 4.68. The molecule has 1 N–H and O–H groups in total. The molecule has 4 nitrogen and oxygen atoms in total. The highest BCUT2D eigenvalue weighted by Gasteiger charge is 2.36. The van der Waals surface area contributed by atoms with Gasteiger partial charge in [0.1, 0.15) is 5.01 Å². The van der Waals surface area contributed by atoms with Crippen molar-refractivity contribution in [2.75, 3.05) is 13.1 Å². The lowest BCUT2D eigenvalue weighted by molar-refractivity contribution is -0.148. The number of fused-ring (bicyclic) bond motifs is 1. The molecule has 1 saturated heterocycles. The third kappa shape index (κ3) is 1.89. The highest BCUT2D eigenvalue weighted by atomic mass is 32.1. The van der Waals surface area contributed by atoms with Gasteiger partial charge in [0.2, 0.25) is 0 Å². The summed E-state index contributed by atoms with van der Waals surface area (Å²) in [5.41, 5.74) is 1.03. The van der Waals surface area contributed by atoms with Crippen LogP contribution >= 0.6 is 11.3 Å². The fourth-order valence-electron chi connectivity index (χ4n) is 2.21. The third-order valence-electron chi connectivity index (χ3n) is 3.47. The van der Waals surface area contributed by atoms with E-state index in [0.29, 0.717) is 13.1 Å². The Balaban J connectivity index is 1.77.